The fraction of sp³-hybridized carbons (Fsp3) is 0.450. The van der Waals surface area contributed by atoms with Crippen molar-refractivity contribution in [2.45, 2.75) is 32.6 Å². The van der Waals surface area contributed by atoms with E-state index in [4.69, 9.17) is 9.47 Å². The van der Waals surface area contributed by atoms with Crippen molar-refractivity contribution in [3.05, 3.63) is 57.8 Å². The first-order valence-electron chi connectivity index (χ1n) is 9.21. The van der Waals surface area contributed by atoms with Crippen molar-refractivity contribution in [3.63, 3.8) is 0 Å². The minimum absolute atomic E-state index is 0.120. The molecular formula is C20H27N3O4. The van der Waals surface area contributed by atoms with Crippen molar-refractivity contribution in [2.24, 2.45) is 0 Å². The van der Waals surface area contributed by atoms with Gasteiger partial charge in [-0.3, -0.25) is 9.59 Å². The van der Waals surface area contributed by atoms with Gasteiger partial charge in [-0.25, -0.2) is 4.98 Å². The first kappa shape index (κ1) is 20.6. The highest BCUT2D eigenvalue weighted by Crippen LogP contribution is 2.13. The third kappa shape index (κ3) is 7.22. The van der Waals surface area contributed by atoms with Gasteiger partial charge in [-0.1, -0.05) is 25.5 Å². The van der Waals surface area contributed by atoms with Crippen molar-refractivity contribution >= 4 is 5.91 Å². The first-order valence-corrected chi connectivity index (χ1v) is 9.21. The van der Waals surface area contributed by atoms with Gasteiger partial charge in [-0.2, -0.15) is 0 Å². The summed E-state index contributed by atoms with van der Waals surface area (Å²) in [7, 11) is 1.60. The first-order chi connectivity index (χ1) is 13.1. The Hall–Kier alpha value is -2.67. The second-order valence-corrected chi connectivity index (χ2v) is 6.18. The van der Waals surface area contributed by atoms with Crippen LogP contribution in [0.25, 0.3) is 0 Å². The molecule has 1 heterocycles. The van der Waals surface area contributed by atoms with Crippen molar-refractivity contribution < 1.29 is 14.3 Å². The number of benzene rings is 1. The number of nitrogens with one attached hydrogen (secondary N) is 2. The predicted molar refractivity (Wildman–Crippen MR) is 103 cm³/mol. The molecular weight excluding hydrogens is 346 g/mol. The number of H-pyrrole nitrogens is 1. The Morgan fingerprint density at radius 1 is 1.19 bits per heavy atom. The zero-order valence-electron chi connectivity index (χ0n) is 15.9. The van der Waals surface area contributed by atoms with Crippen molar-refractivity contribution in [2.75, 3.05) is 26.9 Å². The maximum atomic E-state index is 12.2. The summed E-state index contributed by atoms with van der Waals surface area (Å²) < 4.78 is 10.6. The highest BCUT2D eigenvalue weighted by molar-refractivity contribution is 5.92. The smallest absolute Gasteiger partial charge is 0.270 e. The maximum absolute atomic E-state index is 12.2. The predicted octanol–water partition coefficient (Wildman–Crippen LogP) is 2.31. The molecule has 1 aromatic carbocycles. The van der Waals surface area contributed by atoms with Gasteiger partial charge in [-0.05, 0) is 30.5 Å². The second-order valence-electron chi connectivity index (χ2n) is 6.18. The van der Waals surface area contributed by atoms with E-state index in [0.717, 1.165) is 37.2 Å². The molecule has 0 aliphatic heterocycles. The van der Waals surface area contributed by atoms with Crippen LogP contribution in [0, 0.1) is 0 Å². The van der Waals surface area contributed by atoms with E-state index in [1.807, 2.05) is 24.3 Å². The van der Waals surface area contributed by atoms with Gasteiger partial charge >= 0.3 is 0 Å². The Bertz CT molecular complexity index is 772. The largest absolute Gasteiger partial charge is 0.497 e. The molecule has 0 unspecified atom stereocenters. The van der Waals surface area contributed by atoms with E-state index in [9.17, 15) is 9.59 Å². The molecule has 2 aromatic rings. The lowest BCUT2D eigenvalue weighted by atomic mass is 10.1. The van der Waals surface area contributed by atoms with Crippen LogP contribution >= 0.6 is 0 Å². The topological polar surface area (TPSA) is 93.3 Å². The monoisotopic (exact) mass is 373 g/mol. The lowest BCUT2D eigenvalue weighted by molar-refractivity contribution is 0.0935. The minimum atomic E-state index is -0.356. The van der Waals surface area contributed by atoms with E-state index in [2.05, 4.69) is 22.2 Å². The molecule has 7 heteroatoms. The van der Waals surface area contributed by atoms with Gasteiger partial charge in [0.1, 0.15) is 17.3 Å². The van der Waals surface area contributed by atoms with Crippen LogP contribution in [0.15, 0.2) is 35.1 Å². The van der Waals surface area contributed by atoms with Crippen LogP contribution in [-0.4, -0.2) is 42.7 Å². The summed E-state index contributed by atoms with van der Waals surface area (Å²) in [6.07, 6.45) is 3.28. The molecule has 0 saturated heterocycles. The van der Waals surface area contributed by atoms with Crippen LogP contribution < -0.4 is 15.6 Å². The van der Waals surface area contributed by atoms with Gasteiger partial charge in [0.15, 0.2) is 0 Å². The molecule has 1 aromatic heterocycles. The number of methoxy groups -OCH3 is 1. The van der Waals surface area contributed by atoms with E-state index in [-0.39, 0.29) is 17.2 Å². The number of hydrogen-bond acceptors (Lipinski definition) is 5. The zero-order chi connectivity index (χ0) is 19.5. The van der Waals surface area contributed by atoms with Gasteiger partial charge in [0.25, 0.3) is 11.5 Å². The van der Waals surface area contributed by atoms with Crippen LogP contribution in [-0.2, 0) is 11.2 Å². The number of rotatable bonds is 11. The lowest BCUT2D eigenvalue weighted by Crippen LogP contribution is -2.28. The number of carbonyl (C=O) groups is 1. The molecule has 0 spiro atoms. The zero-order valence-corrected chi connectivity index (χ0v) is 15.9. The van der Waals surface area contributed by atoms with Crippen LogP contribution in [0.1, 0.15) is 48.1 Å². The Morgan fingerprint density at radius 3 is 2.63 bits per heavy atom. The summed E-state index contributed by atoms with van der Waals surface area (Å²) >= 11 is 0. The number of hydrogen-bond donors (Lipinski definition) is 2. The fourth-order valence-electron chi connectivity index (χ4n) is 2.46. The molecule has 27 heavy (non-hydrogen) atoms. The maximum Gasteiger partial charge on any atom is 0.270 e. The number of aromatic nitrogens is 2. The van der Waals surface area contributed by atoms with Crippen LogP contribution in [0.5, 0.6) is 5.75 Å². The molecule has 0 radical (unpaired) electrons. The third-order valence-electron chi connectivity index (χ3n) is 3.95. The van der Waals surface area contributed by atoms with Crippen molar-refractivity contribution in [3.8, 4) is 5.75 Å². The molecule has 0 aliphatic rings. The van der Waals surface area contributed by atoms with E-state index in [1.165, 1.54) is 6.07 Å². The molecule has 1 amide bonds. The van der Waals surface area contributed by atoms with E-state index in [1.54, 1.807) is 7.11 Å². The van der Waals surface area contributed by atoms with E-state index < -0.39 is 0 Å². The van der Waals surface area contributed by atoms with Crippen LogP contribution in [0.4, 0.5) is 0 Å². The molecule has 7 nitrogen and oxygen atoms in total. The molecule has 0 fully saturated rings. The fourth-order valence-corrected chi connectivity index (χ4v) is 2.46. The van der Waals surface area contributed by atoms with Gasteiger partial charge in [0.05, 0.1) is 7.11 Å². The molecule has 0 bridgehead atoms. The second kappa shape index (κ2) is 11.1. The SMILES string of the molecule is CCCCOCCCNC(=O)c1cc(=O)[nH]c(Cc2ccc(OC)cc2)n1. The average molecular weight is 373 g/mol. The Labute approximate surface area is 159 Å². The molecule has 0 atom stereocenters. The highest BCUT2D eigenvalue weighted by atomic mass is 16.5. The summed E-state index contributed by atoms with van der Waals surface area (Å²) in [6.45, 7) is 3.94. The van der Waals surface area contributed by atoms with Gasteiger partial charge in [0, 0.05) is 32.2 Å². The standard InChI is InChI=1S/C20H27N3O4/c1-3-4-11-27-12-5-10-21-20(25)17-14-19(24)23-18(22-17)13-15-6-8-16(26-2)9-7-15/h6-9,14H,3-5,10-13H2,1-2H3,(H,21,25)(H,22,23,24). The van der Waals surface area contributed by atoms with E-state index in [0.29, 0.717) is 25.4 Å². The summed E-state index contributed by atoms with van der Waals surface area (Å²) in [5.41, 5.74) is 0.733. The summed E-state index contributed by atoms with van der Waals surface area (Å²) in [4.78, 5) is 31.1. The van der Waals surface area contributed by atoms with Crippen LogP contribution in [0.2, 0.25) is 0 Å². The third-order valence-corrected chi connectivity index (χ3v) is 3.95. The highest BCUT2D eigenvalue weighted by Gasteiger charge is 2.10. The molecule has 146 valence electrons. The summed E-state index contributed by atoms with van der Waals surface area (Å²) in [5, 5.41) is 2.77. The molecule has 0 aliphatic carbocycles. The molecule has 0 saturated carbocycles. The number of amides is 1. The Balaban J connectivity index is 1.89. The van der Waals surface area contributed by atoms with Crippen molar-refractivity contribution in [1.82, 2.24) is 15.3 Å². The van der Waals surface area contributed by atoms with E-state index >= 15 is 0 Å². The number of aromatic amines is 1. The number of nitrogens with zero attached hydrogens (tertiary/aromatic N) is 1. The number of unbranched alkanes of at least 4 members (excludes halogenated alkanes) is 1. The lowest BCUT2D eigenvalue weighted by Gasteiger charge is -2.07. The molecule has 2 N–H and O–H groups in total. The van der Waals surface area contributed by atoms with Crippen LogP contribution in [0.3, 0.4) is 0 Å². The normalized spacial score (nSPS) is 10.6. The van der Waals surface area contributed by atoms with Crippen molar-refractivity contribution in [1.29, 1.82) is 0 Å². The average Bonchev–Trinajstić information content (AvgIpc) is 2.67. The Morgan fingerprint density at radius 2 is 1.93 bits per heavy atom. The summed E-state index contributed by atoms with van der Waals surface area (Å²) in [6, 6.07) is 8.68. The minimum Gasteiger partial charge on any atom is -0.497 e. The van der Waals surface area contributed by atoms with Gasteiger partial charge in [-0.15, -0.1) is 0 Å². The quantitative estimate of drug-likeness (QED) is 0.590. The van der Waals surface area contributed by atoms with Gasteiger partial charge in [0.2, 0.25) is 0 Å². The van der Waals surface area contributed by atoms with Gasteiger partial charge < -0.3 is 19.8 Å². The summed E-state index contributed by atoms with van der Waals surface area (Å²) in [5.74, 6) is 0.846. The number of ether oxygens (including phenoxy) is 2. The number of carbonyl (C=O) groups excluding carboxylic acids is 1. The molecule has 2 rings (SSSR count). The Kier molecular flexibility index (Phi) is 8.51.